The van der Waals surface area contributed by atoms with Gasteiger partial charge in [-0.1, -0.05) is 44.2 Å². The predicted octanol–water partition coefficient (Wildman–Crippen LogP) is 3.55. The van der Waals surface area contributed by atoms with Gasteiger partial charge in [-0.25, -0.2) is 0 Å². The third kappa shape index (κ3) is 9.49. The van der Waals surface area contributed by atoms with Gasteiger partial charge in [0.05, 0.1) is 5.56 Å². The van der Waals surface area contributed by atoms with Crippen LogP contribution in [0.25, 0.3) is 0 Å². The molecular weight excluding hydrogens is 322 g/mol. The van der Waals surface area contributed by atoms with Gasteiger partial charge in [-0.05, 0) is 25.0 Å². The van der Waals surface area contributed by atoms with Crippen LogP contribution in [0.3, 0.4) is 0 Å². The number of amides is 1. The maximum Gasteiger partial charge on any atom is 0.308 e. The highest BCUT2D eigenvalue weighted by Crippen LogP contribution is 2.18. The van der Waals surface area contributed by atoms with Crippen molar-refractivity contribution >= 4 is 17.8 Å². The lowest BCUT2D eigenvalue weighted by atomic mass is 10.1. The number of carboxylic acids is 1. The molecule has 0 aliphatic rings. The Morgan fingerprint density at radius 3 is 2.20 bits per heavy atom. The molecule has 0 atom stereocenters. The van der Waals surface area contributed by atoms with Crippen LogP contribution in [-0.4, -0.2) is 29.5 Å². The summed E-state index contributed by atoms with van der Waals surface area (Å²) in [7, 11) is 0. The molecule has 0 unspecified atom stereocenters. The molecule has 0 aromatic heterocycles. The number of carbonyl (C=O) groups is 3. The van der Waals surface area contributed by atoms with Crippen molar-refractivity contribution in [3.05, 3.63) is 29.8 Å². The molecule has 6 heteroatoms. The third-order valence-corrected chi connectivity index (χ3v) is 3.74. The molecule has 0 fully saturated rings. The van der Waals surface area contributed by atoms with Gasteiger partial charge in [0, 0.05) is 19.9 Å². The van der Waals surface area contributed by atoms with Crippen molar-refractivity contribution in [3.63, 3.8) is 0 Å². The van der Waals surface area contributed by atoms with Crippen LogP contribution in [0, 0.1) is 0 Å². The van der Waals surface area contributed by atoms with E-state index in [1.807, 2.05) is 0 Å². The largest absolute Gasteiger partial charge is 0.481 e. The summed E-state index contributed by atoms with van der Waals surface area (Å²) in [5, 5.41) is 11.4. The van der Waals surface area contributed by atoms with Gasteiger partial charge >= 0.3 is 11.9 Å². The van der Waals surface area contributed by atoms with E-state index in [1.54, 1.807) is 24.3 Å². The zero-order valence-corrected chi connectivity index (χ0v) is 14.8. The molecule has 1 rings (SSSR count). The number of unbranched alkanes of at least 4 members (excludes halogenated alkanes) is 6. The molecule has 1 amide bonds. The number of aliphatic carboxylic acids is 1. The second-order valence-corrected chi connectivity index (χ2v) is 5.96. The smallest absolute Gasteiger partial charge is 0.308 e. The van der Waals surface area contributed by atoms with Gasteiger partial charge in [-0.2, -0.15) is 0 Å². The van der Waals surface area contributed by atoms with E-state index >= 15 is 0 Å². The van der Waals surface area contributed by atoms with Crippen LogP contribution in [0.1, 0.15) is 68.6 Å². The topological polar surface area (TPSA) is 92.7 Å². The number of ether oxygens (including phenoxy) is 1. The lowest BCUT2D eigenvalue weighted by molar-refractivity contribution is -0.137. The molecule has 6 nitrogen and oxygen atoms in total. The highest BCUT2D eigenvalue weighted by atomic mass is 16.5. The lowest BCUT2D eigenvalue weighted by Crippen LogP contribution is -2.25. The summed E-state index contributed by atoms with van der Waals surface area (Å²) >= 11 is 0. The number of rotatable bonds is 12. The monoisotopic (exact) mass is 349 g/mol. The first-order valence-electron chi connectivity index (χ1n) is 8.78. The summed E-state index contributed by atoms with van der Waals surface area (Å²) in [6.45, 7) is 1.88. The third-order valence-electron chi connectivity index (χ3n) is 3.74. The van der Waals surface area contributed by atoms with E-state index in [0.29, 0.717) is 12.1 Å². The Bertz CT molecular complexity index is 571. The Hall–Kier alpha value is -2.37. The molecule has 0 spiro atoms. The number of benzene rings is 1. The maximum absolute atomic E-state index is 12.2. The van der Waals surface area contributed by atoms with Crippen molar-refractivity contribution in [1.29, 1.82) is 0 Å². The molecule has 138 valence electrons. The van der Waals surface area contributed by atoms with E-state index in [4.69, 9.17) is 9.84 Å². The van der Waals surface area contributed by atoms with Crippen LogP contribution in [0.4, 0.5) is 0 Å². The van der Waals surface area contributed by atoms with Crippen molar-refractivity contribution in [1.82, 2.24) is 5.32 Å². The summed E-state index contributed by atoms with van der Waals surface area (Å²) < 4.78 is 5.04. The van der Waals surface area contributed by atoms with Crippen molar-refractivity contribution < 1.29 is 24.2 Å². The molecule has 2 N–H and O–H groups in total. The Kier molecular flexibility index (Phi) is 9.97. The van der Waals surface area contributed by atoms with Crippen LogP contribution < -0.4 is 10.1 Å². The molecule has 0 radical (unpaired) electrons. The fraction of sp³-hybridized carbons (Fsp3) is 0.526. The molecule has 0 saturated heterocycles. The van der Waals surface area contributed by atoms with Crippen molar-refractivity contribution in [2.45, 2.75) is 58.3 Å². The van der Waals surface area contributed by atoms with Gasteiger partial charge in [-0.15, -0.1) is 0 Å². The van der Waals surface area contributed by atoms with E-state index in [-0.39, 0.29) is 18.1 Å². The number of carboxylic acid groups (broad SMARTS) is 1. The quantitative estimate of drug-likeness (QED) is 0.342. The zero-order chi connectivity index (χ0) is 18.5. The van der Waals surface area contributed by atoms with E-state index in [1.165, 1.54) is 6.92 Å². The first-order chi connectivity index (χ1) is 12.0. The van der Waals surface area contributed by atoms with E-state index in [2.05, 4.69) is 5.32 Å². The van der Waals surface area contributed by atoms with Crippen molar-refractivity contribution in [3.8, 4) is 5.75 Å². The summed E-state index contributed by atoms with van der Waals surface area (Å²) in [4.78, 5) is 33.6. The Morgan fingerprint density at radius 1 is 0.960 bits per heavy atom. The Balaban J connectivity index is 2.15. The number of carbonyl (C=O) groups excluding carboxylic acids is 2. The van der Waals surface area contributed by atoms with Gasteiger partial charge in [0.1, 0.15) is 5.75 Å². The van der Waals surface area contributed by atoms with Gasteiger partial charge in [0.2, 0.25) is 0 Å². The second kappa shape index (κ2) is 12.1. The number of hydrogen-bond donors (Lipinski definition) is 2. The SMILES string of the molecule is CC(=O)Oc1ccccc1C(=O)NCCCCCCCCCC(=O)O. The summed E-state index contributed by atoms with van der Waals surface area (Å²) in [6, 6.07) is 6.67. The minimum Gasteiger partial charge on any atom is -0.481 e. The molecule has 1 aromatic carbocycles. The minimum atomic E-state index is -0.731. The van der Waals surface area contributed by atoms with Crippen molar-refractivity contribution in [2.24, 2.45) is 0 Å². The molecular formula is C19H27NO5. The second-order valence-electron chi connectivity index (χ2n) is 5.96. The maximum atomic E-state index is 12.2. The van der Waals surface area contributed by atoms with Gasteiger partial charge in [0.25, 0.3) is 5.91 Å². The van der Waals surface area contributed by atoms with E-state index in [0.717, 1.165) is 44.9 Å². The molecule has 1 aromatic rings. The average molecular weight is 349 g/mol. The van der Waals surface area contributed by atoms with Crippen LogP contribution >= 0.6 is 0 Å². The first-order valence-corrected chi connectivity index (χ1v) is 8.78. The van der Waals surface area contributed by atoms with Gasteiger partial charge in [-0.3, -0.25) is 14.4 Å². The molecule has 0 saturated carbocycles. The normalized spacial score (nSPS) is 10.3. The van der Waals surface area contributed by atoms with Crippen LogP contribution in [-0.2, 0) is 9.59 Å². The number of nitrogens with one attached hydrogen (secondary N) is 1. The van der Waals surface area contributed by atoms with Crippen LogP contribution in [0.15, 0.2) is 24.3 Å². The number of hydrogen-bond acceptors (Lipinski definition) is 4. The fourth-order valence-corrected chi connectivity index (χ4v) is 2.48. The van der Waals surface area contributed by atoms with Crippen LogP contribution in [0.2, 0.25) is 0 Å². The van der Waals surface area contributed by atoms with Gasteiger partial charge < -0.3 is 15.2 Å². The van der Waals surface area contributed by atoms with E-state index in [9.17, 15) is 14.4 Å². The Morgan fingerprint density at radius 2 is 1.56 bits per heavy atom. The van der Waals surface area contributed by atoms with Crippen LogP contribution in [0.5, 0.6) is 5.75 Å². The highest BCUT2D eigenvalue weighted by molar-refractivity contribution is 5.97. The predicted molar refractivity (Wildman–Crippen MR) is 94.7 cm³/mol. The zero-order valence-electron chi connectivity index (χ0n) is 14.8. The van der Waals surface area contributed by atoms with E-state index < -0.39 is 11.9 Å². The number of esters is 1. The number of para-hydroxylation sites is 1. The molecule has 0 bridgehead atoms. The highest BCUT2D eigenvalue weighted by Gasteiger charge is 2.12. The first kappa shape index (κ1) is 20.7. The average Bonchev–Trinajstić information content (AvgIpc) is 2.56. The molecule has 0 aliphatic heterocycles. The summed E-state index contributed by atoms with van der Waals surface area (Å²) in [5.41, 5.74) is 0.358. The standard InChI is InChI=1S/C19H27NO5/c1-15(21)25-17-12-9-8-11-16(17)19(24)20-14-10-6-4-2-3-5-7-13-18(22)23/h8-9,11-12H,2-7,10,13-14H2,1H3,(H,20,24)(H,22,23). The molecule has 0 heterocycles. The minimum absolute atomic E-state index is 0.245. The fourth-order valence-electron chi connectivity index (χ4n) is 2.48. The Labute approximate surface area is 148 Å². The van der Waals surface area contributed by atoms with Crippen molar-refractivity contribution in [2.75, 3.05) is 6.54 Å². The summed E-state index contributed by atoms with van der Waals surface area (Å²) in [6.07, 6.45) is 7.07. The summed E-state index contributed by atoms with van der Waals surface area (Å²) in [5.74, 6) is -1.16. The molecule has 0 aliphatic carbocycles. The van der Waals surface area contributed by atoms with Gasteiger partial charge in [0.15, 0.2) is 0 Å². The molecule has 25 heavy (non-hydrogen) atoms. The lowest BCUT2D eigenvalue weighted by Gasteiger charge is -2.09.